The van der Waals surface area contributed by atoms with Crippen molar-refractivity contribution in [1.82, 2.24) is 14.6 Å². The van der Waals surface area contributed by atoms with Crippen LogP contribution >= 0.6 is 0 Å². The largest absolute Gasteiger partial charge is 0.337 e. The van der Waals surface area contributed by atoms with Crippen LogP contribution in [0.2, 0.25) is 0 Å². The molecule has 1 N–H and O–H groups in total. The molecule has 0 bridgehead atoms. The second-order valence-electron chi connectivity index (χ2n) is 7.77. The van der Waals surface area contributed by atoms with E-state index in [2.05, 4.69) is 9.71 Å². The Balaban J connectivity index is 1.89. The minimum absolute atomic E-state index is 0.00548. The van der Waals surface area contributed by atoms with Crippen LogP contribution in [0.4, 0.5) is 4.39 Å². The fourth-order valence-electron chi connectivity index (χ4n) is 3.74. The van der Waals surface area contributed by atoms with Crippen molar-refractivity contribution in [3.05, 3.63) is 54.0 Å². The number of hydrogen-bond donors (Lipinski definition) is 1. The summed E-state index contributed by atoms with van der Waals surface area (Å²) in [7, 11) is -3.41. The van der Waals surface area contributed by atoms with Crippen LogP contribution < -0.4 is 4.72 Å². The SMILES string of the molecule is CC(C)C(=O)N1CC[C@H](NS(C)(=O)=O)[C@@H]1Cc1cccc(-c2cccc(F)c2)n1. The van der Waals surface area contributed by atoms with Gasteiger partial charge in [-0.2, -0.15) is 0 Å². The molecule has 0 saturated carbocycles. The Morgan fingerprint density at radius 1 is 1.28 bits per heavy atom. The highest BCUT2D eigenvalue weighted by atomic mass is 32.2. The van der Waals surface area contributed by atoms with Gasteiger partial charge in [0.15, 0.2) is 0 Å². The van der Waals surface area contributed by atoms with Crippen LogP contribution in [0.3, 0.4) is 0 Å². The minimum Gasteiger partial charge on any atom is -0.337 e. The summed E-state index contributed by atoms with van der Waals surface area (Å²) in [6.07, 6.45) is 2.09. The fraction of sp³-hybridized carbons (Fsp3) is 0.429. The molecule has 0 unspecified atom stereocenters. The summed E-state index contributed by atoms with van der Waals surface area (Å²) < 4.78 is 39.8. The van der Waals surface area contributed by atoms with Gasteiger partial charge in [-0.1, -0.05) is 32.0 Å². The van der Waals surface area contributed by atoms with E-state index in [4.69, 9.17) is 0 Å². The van der Waals surface area contributed by atoms with Gasteiger partial charge in [0.05, 0.1) is 18.0 Å². The number of carbonyl (C=O) groups excluding carboxylic acids is 1. The molecule has 0 radical (unpaired) electrons. The van der Waals surface area contributed by atoms with Gasteiger partial charge in [-0.25, -0.2) is 17.5 Å². The van der Waals surface area contributed by atoms with Gasteiger partial charge in [0.25, 0.3) is 0 Å². The van der Waals surface area contributed by atoms with Crippen LogP contribution in [0.1, 0.15) is 26.0 Å². The van der Waals surface area contributed by atoms with Gasteiger partial charge in [0.2, 0.25) is 15.9 Å². The van der Waals surface area contributed by atoms with E-state index < -0.39 is 10.0 Å². The quantitative estimate of drug-likeness (QED) is 0.781. The molecule has 1 amide bonds. The maximum absolute atomic E-state index is 13.6. The molecule has 29 heavy (non-hydrogen) atoms. The molecule has 2 aromatic rings. The van der Waals surface area contributed by atoms with Crippen molar-refractivity contribution >= 4 is 15.9 Å². The number of nitrogens with one attached hydrogen (secondary N) is 1. The van der Waals surface area contributed by atoms with Gasteiger partial charge in [-0.3, -0.25) is 9.78 Å². The summed E-state index contributed by atoms with van der Waals surface area (Å²) in [4.78, 5) is 19.1. The third-order valence-corrected chi connectivity index (χ3v) is 5.76. The summed E-state index contributed by atoms with van der Waals surface area (Å²) in [6.45, 7) is 4.16. The highest BCUT2D eigenvalue weighted by molar-refractivity contribution is 7.88. The summed E-state index contributed by atoms with van der Waals surface area (Å²) in [5, 5.41) is 0. The van der Waals surface area contributed by atoms with E-state index in [1.165, 1.54) is 12.1 Å². The standard InChI is InChI=1S/C21H26FN3O3S/c1-14(2)21(26)25-11-10-19(24-29(3,27)28)20(25)13-17-8-5-9-18(23-17)15-6-4-7-16(22)12-15/h4-9,12,14,19-20,24H,10-11,13H2,1-3H3/t19-,20-/m0/s1. The van der Waals surface area contributed by atoms with Gasteiger partial charge in [0.1, 0.15) is 5.82 Å². The second-order valence-corrected chi connectivity index (χ2v) is 9.55. The number of likely N-dealkylation sites (tertiary alicyclic amines) is 1. The van der Waals surface area contributed by atoms with Crippen LogP contribution in [0.5, 0.6) is 0 Å². The second kappa shape index (κ2) is 8.59. The van der Waals surface area contributed by atoms with Gasteiger partial charge < -0.3 is 4.90 Å². The van der Waals surface area contributed by atoms with Crippen molar-refractivity contribution in [3.8, 4) is 11.3 Å². The van der Waals surface area contributed by atoms with Gasteiger partial charge in [-0.05, 0) is 30.7 Å². The first-order chi connectivity index (χ1) is 13.6. The molecular formula is C21H26FN3O3S. The zero-order valence-corrected chi connectivity index (χ0v) is 17.6. The first-order valence-corrected chi connectivity index (χ1v) is 11.5. The molecule has 1 saturated heterocycles. The topological polar surface area (TPSA) is 79.4 Å². The van der Waals surface area contributed by atoms with E-state index in [-0.39, 0.29) is 29.7 Å². The molecule has 0 aliphatic carbocycles. The zero-order valence-electron chi connectivity index (χ0n) is 16.8. The number of aromatic nitrogens is 1. The maximum atomic E-state index is 13.6. The fourth-order valence-corrected chi connectivity index (χ4v) is 4.56. The molecule has 1 aliphatic heterocycles. The van der Waals surface area contributed by atoms with Crippen molar-refractivity contribution in [2.75, 3.05) is 12.8 Å². The molecule has 6 nitrogen and oxygen atoms in total. The summed E-state index contributed by atoms with van der Waals surface area (Å²) in [5.41, 5.74) is 2.02. The Hall–Kier alpha value is -2.32. The average Bonchev–Trinajstić information content (AvgIpc) is 3.01. The molecule has 2 heterocycles. The Labute approximate surface area is 171 Å². The van der Waals surface area contributed by atoms with E-state index in [1.807, 2.05) is 26.0 Å². The Kier molecular flexibility index (Phi) is 6.33. The smallest absolute Gasteiger partial charge is 0.225 e. The van der Waals surface area contributed by atoms with Crippen molar-refractivity contribution < 1.29 is 17.6 Å². The lowest BCUT2D eigenvalue weighted by Gasteiger charge is -2.29. The molecule has 1 fully saturated rings. The molecule has 8 heteroatoms. The number of nitrogens with zero attached hydrogens (tertiary/aromatic N) is 2. The Bertz CT molecular complexity index is 994. The van der Waals surface area contributed by atoms with Gasteiger partial charge >= 0.3 is 0 Å². The van der Waals surface area contributed by atoms with Crippen LogP contribution in [0.25, 0.3) is 11.3 Å². The molecule has 2 atom stereocenters. The number of hydrogen-bond acceptors (Lipinski definition) is 4. The summed E-state index contributed by atoms with van der Waals surface area (Å²) in [5.74, 6) is -0.522. The van der Waals surface area contributed by atoms with E-state index in [9.17, 15) is 17.6 Å². The highest BCUT2D eigenvalue weighted by Gasteiger charge is 2.39. The van der Waals surface area contributed by atoms with Crippen LogP contribution in [0, 0.1) is 11.7 Å². The monoisotopic (exact) mass is 419 g/mol. The number of pyridine rings is 1. The van der Waals surface area contributed by atoms with Gasteiger partial charge in [0, 0.05) is 36.2 Å². The van der Waals surface area contributed by atoms with Crippen molar-refractivity contribution in [1.29, 1.82) is 0 Å². The lowest BCUT2D eigenvalue weighted by molar-refractivity contribution is -0.135. The van der Waals surface area contributed by atoms with Crippen LogP contribution in [0.15, 0.2) is 42.5 Å². The van der Waals surface area contributed by atoms with Crippen molar-refractivity contribution in [3.63, 3.8) is 0 Å². The molecule has 156 valence electrons. The summed E-state index contributed by atoms with van der Waals surface area (Å²) in [6, 6.07) is 11.0. The van der Waals surface area contributed by atoms with Gasteiger partial charge in [-0.15, -0.1) is 0 Å². The lowest BCUT2D eigenvalue weighted by atomic mass is 10.0. The molecule has 1 aromatic heterocycles. The van der Waals surface area contributed by atoms with Crippen LogP contribution in [-0.2, 0) is 21.2 Å². The molecular weight excluding hydrogens is 393 g/mol. The normalized spacial score (nSPS) is 19.7. The van der Waals surface area contributed by atoms with E-state index in [1.54, 1.807) is 23.1 Å². The number of sulfonamides is 1. The number of amides is 1. The molecule has 1 aromatic carbocycles. The minimum atomic E-state index is -3.41. The average molecular weight is 420 g/mol. The number of rotatable bonds is 6. The highest BCUT2D eigenvalue weighted by Crippen LogP contribution is 2.25. The zero-order chi connectivity index (χ0) is 21.2. The van der Waals surface area contributed by atoms with Crippen LogP contribution in [-0.4, -0.2) is 49.1 Å². The molecule has 3 rings (SSSR count). The van der Waals surface area contributed by atoms with E-state index in [0.29, 0.717) is 30.6 Å². The number of benzene rings is 1. The first-order valence-electron chi connectivity index (χ1n) is 9.63. The number of carbonyl (C=O) groups is 1. The lowest BCUT2D eigenvalue weighted by Crippen LogP contribution is -2.48. The first kappa shape index (κ1) is 21.4. The third-order valence-electron chi connectivity index (χ3n) is 5.03. The predicted molar refractivity (Wildman–Crippen MR) is 110 cm³/mol. The Morgan fingerprint density at radius 2 is 2.00 bits per heavy atom. The predicted octanol–water partition coefficient (Wildman–Crippen LogP) is 2.60. The maximum Gasteiger partial charge on any atom is 0.225 e. The Morgan fingerprint density at radius 3 is 2.66 bits per heavy atom. The summed E-state index contributed by atoms with van der Waals surface area (Å²) >= 11 is 0. The number of halogens is 1. The molecule has 1 aliphatic rings. The van der Waals surface area contributed by atoms with Crippen molar-refractivity contribution in [2.24, 2.45) is 5.92 Å². The van der Waals surface area contributed by atoms with E-state index in [0.717, 1.165) is 11.9 Å². The van der Waals surface area contributed by atoms with Crippen molar-refractivity contribution in [2.45, 2.75) is 38.8 Å². The third kappa shape index (κ3) is 5.39. The molecule has 0 spiro atoms. The van der Waals surface area contributed by atoms with E-state index >= 15 is 0 Å².